The molecule has 5 nitrogen and oxygen atoms in total. The lowest BCUT2D eigenvalue weighted by Crippen LogP contribution is -2.20. The monoisotopic (exact) mass is 520 g/mol. The largest absolute Gasteiger partial charge is 0.375 e. The second-order valence-electron chi connectivity index (χ2n) is 7.33. The molecule has 6 heteroatoms. The van der Waals surface area contributed by atoms with Crippen LogP contribution >= 0.6 is 11.8 Å². The predicted molar refractivity (Wildman–Crippen MR) is 169 cm³/mol. The van der Waals surface area contributed by atoms with Crippen LogP contribution in [0.25, 0.3) is 0 Å². The molecule has 0 radical (unpaired) electrons. The van der Waals surface area contributed by atoms with Gasteiger partial charge >= 0.3 is 0 Å². The second-order valence-corrected chi connectivity index (χ2v) is 8.47. The zero-order chi connectivity index (χ0) is 28.5. The number of hydrogen-bond acceptors (Lipinski definition) is 5. The Bertz CT molecular complexity index is 774. The van der Waals surface area contributed by atoms with Crippen molar-refractivity contribution >= 4 is 30.1 Å². The maximum Gasteiger partial charge on any atom is 0.158 e. The van der Waals surface area contributed by atoms with E-state index in [4.69, 9.17) is 0 Å². The molecule has 208 valence electrons. The molecule has 1 atom stereocenters. The summed E-state index contributed by atoms with van der Waals surface area (Å²) in [5, 5.41) is 3.20. The molecule has 0 aromatic heterocycles. The van der Waals surface area contributed by atoms with E-state index < -0.39 is 0 Å². The minimum absolute atomic E-state index is 0. The zero-order valence-corrected chi connectivity index (χ0v) is 26.0. The number of allylic oxidation sites excluding steroid dienone is 2. The van der Waals surface area contributed by atoms with E-state index in [1.54, 1.807) is 6.34 Å². The number of benzene rings is 1. The Kier molecular flexibility index (Phi) is 27.4. The highest BCUT2D eigenvalue weighted by Crippen LogP contribution is 2.39. The lowest BCUT2D eigenvalue weighted by molar-refractivity contribution is -0.104. The number of thioether (sulfide) groups is 1. The summed E-state index contributed by atoms with van der Waals surface area (Å²) in [4.78, 5) is 20.5. The van der Waals surface area contributed by atoms with Gasteiger partial charge in [0.2, 0.25) is 0 Å². The molecule has 0 fully saturated rings. The van der Waals surface area contributed by atoms with Gasteiger partial charge in [-0.2, -0.15) is 0 Å². The van der Waals surface area contributed by atoms with Crippen molar-refractivity contribution in [2.45, 2.75) is 80.5 Å². The van der Waals surface area contributed by atoms with Gasteiger partial charge in [-0.25, -0.2) is 4.99 Å². The fourth-order valence-electron chi connectivity index (χ4n) is 2.61. The number of anilines is 1. The van der Waals surface area contributed by atoms with Gasteiger partial charge in [0, 0.05) is 19.7 Å². The first-order chi connectivity index (χ1) is 17.3. The minimum atomic E-state index is -0.0511. The molecule has 0 amide bonds. The molecular weight excluding hydrogens is 464 g/mol. The third-order valence-electron chi connectivity index (χ3n) is 4.28. The Morgan fingerprint density at radius 3 is 2.03 bits per heavy atom. The molecule has 1 aliphatic heterocycles. The molecule has 0 saturated heterocycles. The highest BCUT2D eigenvalue weighted by atomic mass is 32.2. The first-order valence-corrected chi connectivity index (χ1v) is 14.2. The van der Waals surface area contributed by atoms with E-state index in [0.29, 0.717) is 10.6 Å². The first kappa shape index (κ1) is 38.2. The Hall–Kier alpha value is -2.31. The van der Waals surface area contributed by atoms with Crippen molar-refractivity contribution < 1.29 is 6.22 Å². The molecule has 0 unspecified atom stereocenters. The third-order valence-corrected chi connectivity index (χ3v) is 5.48. The zero-order valence-electron chi connectivity index (χ0n) is 25.2. The average molecular weight is 521 g/mol. The maximum absolute atomic E-state index is 11.3. The molecular formula is C30H56N4OS. The van der Waals surface area contributed by atoms with Crippen LogP contribution in [-0.4, -0.2) is 50.6 Å². The van der Waals surface area contributed by atoms with Gasteiger partial charge in [-0.05, 0) is 58.7 Å². The van der Waals surface area contributed by atoms with E-state index in [2.05, 4.69) is 68.8 Å². The standard InChI is InChI=1S/C19H23N3OS.C5H13N.3C2H6.H2/c1-5-6-11-20-19-15(3)18(17(12-23)24-19)21-13-22(4)16-9-7-14(2)8-10-16;1-4-5-6(2)3;3*1-2;/h6-13,19-20H,3,5H2,1-2,4H3;4-5H2,1-3H3;3*1-2H3;1H/b11-6-,21-13?;;;;;/t19-;;;;;/m0...../s1. The first-order valence-electron chi connectivity index (χ1n) is 13.3. The summed E-state index contributed by atoms with van der Waals surface area (Å²) in [6.45, 7) is 23.6. The van der Waals surface area contributed by atoms with E-state index in [0.717, 1.165) is 24.0 Å². The van der Waals surface area contributed by atoms with Gasteiger partial charge in [-0.1, -0.05) is 97.5 Å². The molecule has 0 bridgehead atoms. The van der Waals surface area contributed by atoms with Crippen LogP contribution < -0.4 is 10.2 Å². The quantitative estimate of drug-likeness (QED) is 0.202. The van der Waals surface area contributed by atoms with Crippen molar-refractivity contribution in [1.29, 1.82) is 0 Å². The summed E-state index contributed by atoms with van der Waals surface area (Å²) in [7, 11) is 6.10. The van der Waals surface area contributed by atoms with Gasteiger partial charge in [0.15, 0.2) is 6.29 Å². The number of carbonyl (C=O) groups excluding carboxylic acids is 1. The van der Waals surface area contributed by atoms with E-state index in [1.807, 2.05) is 77.9 Å². The van der Waals surface area contributed by atoms with E-state index in [9.17, 15) is 4.79 Å². The lowest BCUT2D eigenvalue weighted by atomic mass is 10.2. The predicted octanol–water partition coefficient (Wildman–Crippen LogP) is 8.30. The summed E-state index contributed by atoms with van der Waals surface area (Å²) in [5.74, 6) is 0. The number of nitrogens with one attached hydrogen (secondary N) is 1. The van der Waals surface area contributed by atoms with E-state index >= 15 is 0 Å². The number of aliphatic imine (C=N–C) groups is 1. The van der Waals surface area contributed by atoms with Crippen molar-refractivity contribution in [3.8, 4) is 0 Å². The third kappa shape index (κ3) is 16.4. The molecule has 1 heterocycles. The SMILES string of the molecule is C=C1C(N=CN(C)c2ccc(C)cc2)=C(C=O)S[C@@H]1N/C=C\CC.CC.CC.CC.CCCN(C)C.[HH]. The van der Waals surface area contributed by atoms with Crippen molar-refractivity contribution in [1.82, 2.24) is 10.2 Å². The van der Waals surface area contributed by atoms with Gasteiger partial charge in [-0.3, -0.25) is 4.79 Å². The van der Waals surface area contributed by atoms with Crippen LogP contribution in [0.15, 0.2) is 64.3 Å². The Morgan fingerprint density at radius 1 is 1.06 bits per heavy atom. The Morgan fingerprint density at radius 2 is 1.61 bits per heavy atom. The number of hydrogen-bond donors (Lipinski definition) is 1. The number of aryl methyl sites for hydroxylation is 1. The van der Waals surface area contributed by atoms with Crippen LogP contribution in [0.2, 0.25) is 0 Å². The summed E-state index contributed by atoms with van der Waals surface area (Å²) in [6, 6.07) is 8.18. The van der Waals surface area contributed by atoms with Crippen LogP contribution in [0.3, 0.4) is 0 Å². The summed E-state index contributed by atoms with van der Waals surface area (Å²) in [6.07, 6.45) is 8.71. The molecule has 0 aliphatic carbocycles. The van der Waals surface area contributed by atoms with Gasteiger partial charge in [-0.15, -0.1) is 0 Å². The number of aldehydes is 1. The molecule has 1 aliphatic rings. The lowest BCUT2D eigenvalue weighted by Gasteiger charge is -2.14. The topological polar surface area (TPSA) is 47.9 Å². The highest BCUT2D eigenvalue weighted by molar-refractivity contribution is 8.05. The van der Waals surface area contributed by atoms with Gasteiger partial charge in [0.1, 0.15) is 5.37 Å². The number of carbonyl (C=O) groups is 1. The highest BCUT2D eigenvalue weighted by Gasteiger charge is 2.27. The van der Waals surface area contributed by atoms with Gasteiger partial charge in [0.25, 0.3) is 0 Å². The summed E-state index contributed by atoms with van der Waals surface area (Å²) >= 11 is 1.44. The Labute approximate surface area is 229 Å². The molecule has 0 saturated carbocycles. The van der Waals surface area contributed by atoms with E-state index in [-0.39, 0.29) is 6.80 Å². The van der Waals surface area contributed by atoms with Gasteiger partial charge < -0.3 is 15.1 Å². The smallest absolute Gasteiger partial charge is 0.158 e. The molecule has 0 spiro atoms. The maximum atomic E-state index is 11.3. The van der Waals surface area contributed by atoms with Crippen molar-refractivity contribution in [3.63, 3.8) is 0 Å². The fraction of sp³-hybridized carbons (Fsp3) is 0.533. The van der Waals surface area contributed by atoms with Crippen molar-refractivity contribution in [2.24, 2.45) is 4.99 Å². The molecule has 1 N–H and O–H groups in total. The van der Waals surface area contributed by atoms with Crippen LogP contribution in [0.5, 0.6) is 0 Å². The molecule has 36 heavy (non-hydrogen) atoms. The average Bonchev–Trinajstić information content (AvgIpc) is 3.21. The van der Waals surface area contributed by atoms with Crippen LogP contribution in [0, 0.1) is 6.92 Å². The minimum Gasteiger partial charge on any atom is -0.375 e. The van der Waals surface area contributed by atoms with Crippen molar-refractivity contribution in [2.75, 3.05) is 32.6 Å². The van der Waals surface area contributed by atoms with Crippen LogP contribution in [0.1, 0.15) is 75.2 Å². The fourth-order valence-corrected chi connectivity index (χ4v) is 3.62. The summed E-state index contributed by atoms with van der Waals surface area (Å²) in [5.41, 5.74) is 3.71. The number of rotatable bonds is 9. The Balaban J connectivity index is -0.000000358. The molecule has 2 rings (SSSR count). The van der Waals surface area contributed by atoms with Crippen LogP contribution in [0.4, 0.5) is 5.69 Å². The second kappa shape index (κ2) is 25.8. The summed E-state index contributed by atoms with van der Waals surface area (Å²) < 4.78 is 0. The molecule has 1 aromatic carbocycles. The van der Waals surface area contributed by atoms with Crippen LogP contribution in [-0.2, 0) is 4.79 Å². The van der Waals surface area contributed by atoms with Gasteiger partial charge in [0.05, 0.1) is 16.9 Å². The number of nitrogens with zero attached hydrogens (tertiary/aromatic N) is 3. The molecule has 1 aromatic rings. The van der Waals surface area contributed by atoms with Crippen molar-refractivity contribution in [3.05, 3.63) is 64.9 Å². The normalized spacial score (nSPS) is 14.1. The van der Waals surface area contributed by atoms with E-state index in [1.165, 1.54) is 30.3 Å².